The van der Waals surface area contributed by atoms with Crippen LogP contribution in [0.15, 0.2) is 0 Å². The van der Waals surface area contributed by atoms with E-state index in [2.05, 4.69) is 20.8 Å². The third-order valence-corrected chi connectivity index (χ3v) is 2.58. The predicted octanol–water partition coefficient (Wildman–Crippen LogP) is 1.04. The molecule has 1 heterocycles. The number of hydrogen-bond acceptors (Lipinski definition) is 2. The van der Waals surface area contributed by atoms with Crippen molar-refractivity contribution in [1.82, 2.24) is 4.90 Å². The SMILES string of the molecule is CN1CCC[C@H]1C(=O)CBr. The molecule has 0 unspecified atom stereocenters. The molecule has 1 aliphatic rings. The van der Waals surface area contributed by atoms with Crippen molar-refractivity contribution < 1.29 is 4.79 Å². The zero-order chi connectivity index (χ0) is 7.56. The maximum Gasteiger partial charge on any atom is 0.160 e. The number of halogens is 1. The Morgan fingerprint density at radius 3 is 2.90 bits per heavy atom. The Balaban J connectivity index is 2.46. The van der Waals surface area contributed by atoms with Gasteiger partial charge in [0.2, 0.25) is 0 Å². The van der Waals surface area contributed by atoms with Gasteiger partial charge < -0.3 is 0 Å². The first kappa shape index (κ1) is 8.21. The van der Waals surface area contributed by atoms with Crippen molar-refractivity contribution in [2.45, 2.75) is 18.9 Å². The van der Waals surface area contributed by atoms with Crippen molar-refractivity contribution in [2.24, 2.45) is 0 Å². The highest BCUT2D eigenvalue weighted by Gasteiger charge is 2.26. The summed E-state index contributed by atoms with van der Waals surface area (Å²) >= 11 is 3.18. The molecule has 0 aromatic rings. The highest BCUT2D eigenvalue weighted by molar-refractivity contribution is 9.09. The number of alkyl halides is 1. The van der Waals surface area contributed by atoms with E-state index in [0.717, 1.165) is 13.0 Å². The summed E-state index contributed by atoms with van der Waals surface area (Å²) in [6.07, 6.45) is 2.21. The summed E-state index contributed by atoms with van der Waals surface area (Å²) in [6, 6.07) is 0.194. The van der Waals surface area contributed by atoms with Crippen LogP contribution in [0.4, 0.5) is 0 Å². The van der Waals surface area contributed by atoms with Gasteiger partial charge in [-0.25, -0.2) is 0 Å². The molecule has 1 aliphatic heterocycles. The van der Waals surface area contributed by atoms with Crippen LogP contribution in [-0.4, -0.2) is 35.6 Å². The molecule has 1 fully saturated rings. The van der Waals surface area contributed by atoms with Gasteiger partial charge in [-0.3, -0.25) is 9.69 Å². The van der Waals surface area contributed by atoms with Crippen LogP contribution in [0.5, 0.6) is 0 Å². The summed E-state index contributed by atoms with van der Waals surface area (Å²) in [5.41, 5.74) is 0. The minimum Gasteiger partial charge on any atom is -0.297 e. The monoisotopic (exact) mass is 205 g/mol. The molecule has 1 rings (SSSR count). The molecule has 0 aliphatic carbocycles. The number of likely N-dealkylation sites (tertiary alicyclic amines) is 1. The Morgan fingerprint density at radius 2 is 2.50 bits per heavy atom. The zero-order valence-electron chi connectivity index (χ0n) is 6.14. The van der Waals surface area contributed by atoms with E-state index in [1.807, 2.05) is 7.05 Å². The summed E-state index contributed by atoms with van der Waals surface area (Å²) in [5, 5.41) is 0.502. The molecular formula is C7H12BrNO. The van der Waals surface area contributed by atoms with E-state index < -0.39 is 0 Å². The van der Waals surface area contributed by atoms with Crippen LogP contribution >= 0.6 is 15.9 Å². The number of carbonyl (C=O) groups is 1. The van der Waals surface area contributed by atoms with Gasteiger partial charge in [0.05, 0.1) is 11.4 Å². The van der Waals surface area contributed by atoms with Crippen molar-refractivity contribution in [3.63, 3.8) is 0 Å². The lowest BCUT2D eigenvalue weighted by atomic mass is 10.1. The molecule has 0 radical (unpaired) electrons. The molecular weight excluding hydrogens is 194 g/mol. The van der Waals surface area contributed by atoms with Gasteiger partial charge in [-0.2, -0.15) is 0 Å². The summed E-state index contributed by atoms with van der Waals surface area (Å²) < 4.78 is 0. The predicted molar refractivity (Wildman–Crippen MR) is 44.5 cm³/mol. The van der Waals surface area contributed by atoms with Crippen LogP contribution < -0.4 is 0 Å². The largest absolute Gasteiger partial charge is 0.297 e. The van der Waals surface area contributed by atoms with Crippen LogP contribution in [0.25, 0.3) is 0 Å². The fourth-order valence-corrected chi connectivity index (χ4v) is 1.78. The van der Waals surface area contributed by atoms with Gasteiger partial charge in [0.1, 0.15) is 0 Å². The minimum absolute atomic E-state index is 0.194. The standard InChI is InChI=1S/C7H12BrNO/c1-9-4-2-3-6(9)7(10)5-8/h6H,2-5H2,1H3/t6-/m0/s1. The van der Waals surface area contributed by atoms with Gasteiger partial charge in [0, 0.05) is 0 Å². The number of hydrogen-bond donors (Lipinski definition) is 0. The molecule has 0 aromatic heterocycles. The lowest BCUT2D eigenvalue weighted by Crippen LogP contribution is -2.33. The Morgan fingerprint density at radius 1 is 1.80 bits per heavy atom. The lowest BCUT2D eigenvalue weighted by molar-refractivity contribution is -0.120. The molecule has 58 valence electrons. The van der Waals surface area contributed by atoms with Crippen molar-refractivity contribution in [3.8, 4) is 0 Å². The third kappa shape index (κ3) is 1.58. The van der Waals surface area contributed by atoms with Crippen molar-refractivity contribution in [2.75, 3.05) is 18.9 Å². The van der Waals surface area contributed by atoms with E-state index in [1.165, 1.54) is 6.42 Å². The first-order valence-corrected chi connectivity index (χ1v) is 4.66. The average molecular weight is 206 g/mol. The maximum absolute atomic E-state index is 11.1. The van der Waals surface area contributed by atoms with Crippen molar-refractivity contribution in [1.29, 1.82) is 0 Å². The summed E-state index contributed by atoms with van der Waals surface area (Å²) in [5.74, 6) is 0.319. The van der Waals surface area contributed by atoms with Gasteiger partial charge >= 0.3 is 0 Å². The first-order chi connectivity index (χ1) is 4.75. The number of nitrogens with zero attached hydrogens (tertiary/aromatic N) is 1. The lowest BCUT2D eigenvalue weighted by Gasteiger charge is -2.16. The second kappa shape index (κ2) is 3.49. The molecule has 0 N–H and O–H groups in total. The first-order valence-electron chi connectivity index (χ1n) is 3.54. The molecule has 0 bridgehead atoms. The number of ketones is 1. The summed E-state index contributed by atoms with van der Waals surface area (Å²) in [6.45, 7) is 1.07. The average Bonchev–Trinajstić information content (AvgIpc) is 2.34. The molecule has 0 aromatic carbocycles. The highest BCUT2D eigenvalue weighted by atomic mass is 79.9. The third-order valence-electron chi connectivity index (χ3n) is 2.02. The highest BCUT2D eigenvalue weighted by Crippen LogP contribution is 2.15. The van der Waals surface area contributed by atoms with Crippen LogP contribution in [-0.2, 0) is 4.79 Å². The Kier molecular flexibility index (Phi) is 2.86. The van der Waals surface area contributed by atoms with E-state index in [-0.39, 0.29) is 6.04 Å². The van der Waals surface area contributed by atoms with Gasteiger partial charge in [-0.1, -0.05) is 15.9 Å². The number of carbonyl (C=O) groups excluding carboxylic acids is 1. The zero-order valence-corrected chi connectivity index (χ0v) is 7.73. The Labute approximate surface area is 69.7 Å². The molecule has 0 saturated carbocycles. The van der Waals surface area contributed by atoms with E-state index in [1.54, 1.807) is 0 Å². The van der Waals surface area contributed by atoms with E-state index in [0.29, 0.717) is 11.1 Å². The fraction of sp³-hybridized carbons (Fsp3) is 0.857. The quantitative estimate of drug-likeness (QED) is 0.629. The van der Waals surface area contributed by atoms with Gasteiger partial charge in [-0.05, 0) is 26.4 Å². The van der Waals surface area contributed by atoms with E-state index in [4.69, 9.17) is 0 Å². The molecule has 0 amide bonds. The van der Waals surface area contributed by atoms with Crippen molar-refractivity contribution in [3.05, 3.63) is 0 Å². The number of likely N-dealkylation sites (N-methyl/N-ethyl adjacent to an activating group) is 1. The smallest absolute Gasteiger partial charge is 0.160 e. The molecule has 1 atom stereocenters. The van der Waals surface area contributed by atoms with Gasteiger partial charge in [0.25, 0.3) is 0 Å². The number of Topliss-reactive ketones (excluding diaryl/α,β-unsaturated/α-hetero) is 1. The molecule has 2 nitrogen and oxygen atoms in total. The van der Waals surface area contributed by atoms with E-state index in [9.17, 15) is 4.79 Å². The van der Waals surface area contributed by atoms with Crippen LogP contribution in [0.2, 0.25) is 0 Å². The minimum atomic E-state index is 0.194. The summed E-state index contributed by atoms with van der Waals surface area (Å²) in [4.78, 5) is 13.3. The normalized spacial score (nSPS) is 27.2. The number of rotatable bonds is 2. The van der Waals surface area contributed by atoms with Crippen LogP contribution in [0, 0.1) is 0 Å². The maximum atomic E-state index is 11.1. The summed E-state index contributed by atoms with van der Waals surface area (Å²) in [7, 11) is 2.01. The molecule has 10 heavy (non-hydrogen) atoms. The van der Waals surface area contributed by atoms with Crippen LogP contribution in [0.1, 0.15) is 12.8 Å². The molecule has 3 heteroatoms. The van der Waals surface area contributed by atoms with Gasteiger partial charge in [-0.15, -0.1) is 0 Å². The van der Waals surface area contributed by atoms with Crippen LogP contribution in [0.3, 0.4) is 0 Å². The fourth-order valence-electron chi connectivity index (χ4n) is 1.41. The molecule has 0 spiro atoms. The van der Waals surface area contributed by atoms with Crippen molar-refractivity contribution >= 4 is 21.7 Å². The Hall–Kier alpha value is 0.110. The Bertz CT molecular complexity index is 138. The second-order valence-corrected chi connectivity index (χ2v) is 3.30. The van der Waals surface area contributed by atoms with E-state index >= 15 is 0 Å². The second-order valence-electron chi connectivity index (χ2n) is 2.74. The molecule has 1 saturated heterocycles. The topological polar surface area (TPSA) is 20.3 Å². The van der Waals surface area contributed by atoms with Gasteiger partial charge in [0.15, 0.2) is 5.78 Å².